The summed E-state index contributed by atoms with van der Waals surface area (Å²) in [5, 5.41) is 3.54. The summed E-state index contributed by atoms with van der Waals surface area (Å²) < 4.78 is 0. The Bertz CT molecular complexity index is 120. The van der Waals surface area contributed by atoms with Gasteiger partial charge in [-0.05, 0) is 45.3 Å². The van der Waals surface area contributed by atoms with Crippen molar-refractivity contribution in [2.75, 3.05) is 26.2 Å². The molecule has 15 heavy (non-hydrogen) atoms. The highest BCUT2D eigenvalue weighted by atomic mass is 15.2. The molecule has 0 bridgehead atoms. The van der Waals surface area contributed by atoms with Crippen LogP contribution in [0.25, 0.3) is 0 Å². The van der Waals surface area contributed by atoms with Crippen molar-refractivity contribution in [2.24, 2.45) is 0 Å². The molecular formula is C13H30N2. The SMILES string of the molecule is CCCNCC(CC)N(CCC)CCC. The molecule has 0 aromatic heterocycles. The molecule has 0 heterocycles. The van der Waals surface area contributed by atoms with Gasteiger partial charge in [0, 0.05) is 12.6 Å². The summed E-state index contributed by atoms with van der Waals surface area (Å²) in [6.07, 6.45) is 5.03. The first-order valence-electron chi connectivity index (χ1n) is 6.74. The van der Waals surface area contributed by atoms with Gasteiger partial charge in [0.15, 0.2) is 0 Å². The number of nitrogens with one attached hydrogen (secondary N) is 1. The van der Waals surface area contributed by atoms with Crippen molar-refractivity contribution in [1.29, 1.82) is 0 Å². The van der Waals surface area contributed by atoms with E-state index in [1.54, 1.807) is 0 Å². The normalized spacial score (nSPS) is 13.4. The molecule has 1 N–H and O–H groups in total. The lowest BCUT2D eigenvalue weighted by Crippen LogP contribution is -2.43. The molecule has 2 heteroatoms. The molecule has 0 aromatic rings. The summed E-state index contributed by atoms with van der Waals surface area (Å²) in [6.45, 7) is 13.9. The summed E-state index contributed by atoms with van der Waals surface area (Å²) in [5.74, 6) is 0. The van der Waals surface area contributed by atoms with Crippen LogP contribution in [0.4, 0.5) is 0 Å². The van der Waals surface area contributed by atoms with Crippen LogP contribution in [0.5, 0.6) is 0 Å². The summed E-state index contributed by atoms with van der Waals surface area (Å²) in [5.41, 5.74) is 0. The topological polar surface area (TPSA) is 15.3 Å². The zero-order valence-electron chi connectivity index (χ0n) is 11.2. The zero-order chi connectivity index (χ0) is 11.5. The van der Waals surface area contributed by atoms with Crippen LogP contribution in [-0.2, 0) is 0 Å². The molecular weight excluding hydrogens is 184 g/mol. The molecule has 0 saturated carbocycles. The Kier molecular flexibility index (Phi) is 10.4. The number of rotatable bonds is 10. The van der Waals surface area contributed by atoms with Gasteiger partial charge in [0.2, 0.25) is 0 Å². The van der Waals surface area contributed by atoms with Gasteiger partial charge >= 0.3 is 0 Å². The molecule has 0 aromatic carbocycles. The molecule has 0 rings (SSSR count). The fourth-order valence-electron chi connectivity index (χ4n) is 2.03. The van der Waals surface area contributed by atoms with Crippen LogP contribution in [0.2, 0.25) is 0 Å². The van der Waals surface area contributed by atoms with Crippen molar-refractivity contribution in [2.45, 2.75) is 59.4 Å². The van der Waals surface area contributed by atoms with Gasteiger partial charge in [0.1, 0.15) is 0 Å². The molecule has 0 aliphatic carbocycles. The average molecular weight is 214 g/mol. The first-order valence-corrected chi connectivity index (χ1v) is 6.74. The van der Waals surface area contributed by atoms with Crippen LogP contribution >= 0.6 is 0 Å². The van der Waals surface area contributed by atoms with Crippen molar-refractivity contribution in [3.05, 3.63) is 0 Å². The lowest BCUT2D eigenvalue weighted by molar-refractivity contribution is 0.187. The molecule has 0 spiro atoms. The maximum absolute atomic E-state index is 3.54. The van der Waals surface area contributed by atoms with Crippen molar-refractivity contribution >= 4 is 0 Å². The van der Waals surface area contributed by atoms with Gasteiger partial charge in [-0.15, -0.1) is 0 Å². The standard InChI is InChI=1S/C13H30N2/c1-5-9-14-12-13(8-4)15(10-6-2)11-7-3/h13-14H,5-12H2,1-4H3. The highest BCUT2D eigenvalue weighted by molar-refractivity contribution is 4.72. The molecule has 1 atom stereocenters. The van der Waals surface area contributed by atoms with Crippen molar-refractivity contribution in [3.63, 3.8) is 0 Å². The van der Waals surface area contributed by atoms with Crippen LogP contribution in [0.3, 0.4) is 0 Å². The molecule has 0 amide bonds. The Labute approximate surface area is 96.4 Å². The summed E-state index contributed by atoms with van der Waals surface area (Å²) >= 11 is 0. The van der Waals surface area contributed by atoms with E-state index in [1.165, 1.54) is 38.8 Å². The summed E-state index contributed by atoms with van der Waals surface area (Å²) in [6, 6.07) is 0.733. The van der Waals surface area contributed by atoms with E-state index in [1.807, 2.05) is 0 Å². The summed E-state index contributed by atoms with van der Waals surface area (Å²) in [7, 11) is 0. The smallest absolute Gasteiger partial charge is 0.0218 e. The van der Waals surface area contributed by atoms with Gasteiger partial charge in [-0.25, -0.2) is 0 Å². The first kappa shape index (κ1) is 14.9. The van der Waals surface area contributed by atoms with Crippen LogP contribution < -0.4 is 5.32 Å². The van der Waals surface area contributed by atoms with Crippen LogP contribution in [0.1, 0.15) is 53.4 Å². The first-order chi connectivity index (χ1) is 7.29. The number of hydrogen-bond donors (Lipinski definition) is 1. The third-order valence-electron chi connectivity index (χ3n) is 2.82. The van der Waals surface area contributed by atoms with Gasteiger partial charge in [-0.1, -0.05) is 27.7 Å². The average Bonchev–Trinajstić information content (AvgIpc) is 2.24. The molecule has 2 nitrogen and oxygen atoms in total. The van der Waals surface area contributed by atoms with Gasteiger partial charge < -0.3 is 5.32 Å². The fraction of sp³-hybridized carbons (Fsp3) is 1.00. The molecule has 0 aliphatic heterocycles. The maximum Gasteiger partial charge on any atom is 0.0218 e. The van der Waals surface area contributed by atoms with E-state index in [2.05, 4.69) is 37.9 Å². The van der Waals surface area contributed by atoms with E-state index in [0.717, 1.165) is 19.1 Å². The van der Waals surface area contributed by atoms with Gasteiger partial charge in [0.25, 0.3) is 0 Å². The van der Waals surface area contributed by atoms with Gasteiger partial charge in [-0.3, -0.25) is 4.90 Å². The minimum Gasteiger partial charge on any atom is -0.315 e. The second kappa shape index (κ2) is 10.4. The van der Waals surface area contributed by atoms with Crippen LogP contribution in [-0.4, -0.2) is 37.1 Å². The zero-order valence-corrected chi connectivity index (χ0v) is 11.2. The predicted octanol–water partition coefficient (Wildman–Crippen LogP) is 2.89. The lowest BCUT2D eigenvalue weighted by atomic mass is 10.1. The minimum atomic E-state index is 0.733. The van der Waals surface area contributed by atoms with E-state index < -0.39 is 0 Å². The number of nitrogens with zero attached hydrogens (tertiary/aromatic N) is 1. The van der Waals surface area contributed by atoms with E-state index in [4.69, 9.17) is 0 Å². The molecule has 0 saturated heterocycles. The van der Waals surface area contributed by atoms with Gasteiger partial charge in [0.05, 0.1) is 0 Å². The fourth-order valence-corrected chi connectivity index (χ4v) is 2.03. The quantitative estimate of drug-likeness (QED) is 0.563. The third kappa shape index (κ3) is 6.91. The Morgan fingerprint density at radius 1 is 0.933 bits per heavy atom. The Hall–Kier alpha value is -0.0800. The van der Waals surface area contributed by atoms with E-state index in [9.17, 15) is 0 Å². The third-order valence-corrected chi connectivity index (χ3v) is 2.82. The molecule has 92 valence electrons. The minimum absolute atomic E-state index is 0.733. The predicted molar refractivity (Wildman–Crippen MR) is 69.4 cm³/mol. The monoisotopic (exact) mass is 214 g/mol. The highest BCUT2D eigenvalue weighted by Gasteiger charge is 2.14. The van der Waals surface area contributed by atoms with E-state index in [0.29, 0.717) is 0 Å². The molecule has 0 fully saturated rings. The maximum atomic E-state index is 3.54. The van der Waals surface area contributed by atoms with Crippen molar-refractivity contribution in [1.82, 2.24) is 10.2 Å². The molecule has 1 unspecified atom stereocenters. The Morgan fingerprint density at radius 2 is 1.53 bits per heavy atom. The van der Waals surface area contributed by atoms with Crippen LogP contribution in [0, 0.1) is 0 Å². The van der Waals surface area contributed by atoms with Crippen LogP contribution in [0.15, 0.2) is 0 Å². The van der Waals surface area contributed by atoms with Crippen molar-refractivity contribution in [3.8, 4) is 0 Å². The molecule has 0 radical (unpaired) electrons. The van der Waals surface area contributed by atoms with Gasteiger partial charge in [-0.2, -0.15) is 0 Å². The highest BCUT2D eigenvalue weighted by Crippen LogP contribution is 2.05. The van der Waals surface area contributed by atoms with E-state index >= 15 is 0 Å². The van der Waals surface area contributed by atoms with E-state index in [-0.39, 0.29) is 0 Å². The summed E-state index contributed by atoms with van der Waals surface area (Å²) in [4.78, 5) is 2.64. The molecule has 0 aliphatic rings. The second-order valence-electron chi connectivity index (χ2n) is 4.30. The van der Waals surface area contributed by atoms with Crippen molar-refractivity contribution < 1.29 is 0 Å². The second-order valence-corrected chi connectivity index (χ2v) is 4.30. The Morgan fingerprint density at radius 3 is 1.93 bits per heavy atom. The largest absolute Gasteiger partial charge is 0.315 e. The lowest BCUT2D eigenvalue weighted by Gasteiger charge is -2.30. The number of hydrogen-bond acceptors (Lipinski definition) is 2. The Balaban J connectivity index is 3.93.